The van der Waals surface area contributed by atoms with Crippen LogP contribution >= 0.6 is 0 Å². The summed E-state index contributed by atoms with van der Waals surface area (Å²) in [6.07, 6.45) is 0.974. The highest BCUT2D eigenvalue weighted by molar-refractivity contribution is 5.71. The highest BCUT2D eigenvalue weighted by atomic mass is 19.1. The van der Waals surface area contributed by atoms with Crippen LogP contribution in [0.5, 0.6) is 0 Å². The lowest BCUT2D eigenvalue weighted by Gasteiger charge is -2.33. The maximum atomic E-state index is 13.0. The van der Waals surface area contributed by atoms with E-state index in [2.05, 4.69) is 5.32 Å². The molecule has 1 N–H and O–H groups in total. The molecule has 0 heterocycles. The fraction of sp³-hybridized carbons (Fsp3) is 0.533. The zero-order valence-corrected chi connectivity index (χ0v) is 11.8. The van der Waals surface area contributed by atoms with E-state index >= 15 is 0 Å². The molecule has 1 unspecified atom stereocenters. The number of hydrogen-bond donors (Lipinski definition) is 1. The largest absolute Gasteiger partial charge is 0.466 e. The Morgan fingerprint density at radius 1 is 1.26 bits per heavy atom. The van der Waals surface area contributed by atoms with E-state index in [0.29, 0.717) is 6.61 Å². The molecule has 0 aromatic heterocycles. The van der Waals surface area contributed by atoms with Gasteiger partial charge in [0.25, 0.3) is 0 Å². The standard InChI is InChI=1S/C15H22FNO2/c1-4-15(17-5-2,11-14(18)19-6-3)12-7-9-13(16)10-8-12/h7-10,17H,4-6,11H2,1-3H3. The smallest absolute Gasteiger partial charge is 0.308 e. The monoisotopic (exact) mass is 267 g/mol. The van der Waals surface area contributed by atoms with Crippen LogP contribution in [0.2, 0.25) is 0 Å². The maximum Gasteiger partial charge on any atom is 0.308 e. The molecule has 4 heteroatoms. The second-order valence-electron chi connectivity index (χ2n) is 4.45. The van der Waals surface area contributed by atoms with E-state index in [9.17, 15) is 9.18 Å². The number of hydrogen-bond acceptors (Lipinski definition) is 3. The quantitative estimate of drug-likeness (QED) is 0.772. The molecule has 0 saturated heterocycles. The Balaban J connectivity index is 3.03. The molecule has 19 heavy (non-hydrogen) atoms. The van der Waals surface area contributed by atoms with Gasteiger partial charge in [0.2, 0.25) is 0 Å². The molecular weight excluding hydrogens is 245 g/mol. The second kappa shape index (κ2) is 7.24. The maximum absolute atomic E-state index is 13.0. The molecule has 0 bridgehead atoms. The minimum Gasteiger partial charge on any atom is -0.466 e. The first-order valence-corrected chi connectivity index (χ1v) is 6.74. The predicted octanol–water partition coefficient (Wildman–Crippen LogP) is 2.99. The Bertz CT molecular complexity index is 405. The van der Waals surface area contributed by atoms with Gasteiger partial charge in [0.15, 0.2) is 0 Å². The molecule has 1 aromatic rings. The van der Waals surface area contributed by atoms with Crippen molar-refractivity contribution in [2.45, 2.75) is 39.2 Å². The average molecular weight is 267 g/mol. The fourth-order valence-electron chi connectivity index (χ4n) is 2.29. The van der Waals surface area contributed by atoms with Gasteiger partial charge in [0.05, 0.1) is 18.6 Å². The number of rotatable bonds is 7. The van der Waals surface area contributed by atoms with Crippen molar-refractivity contribution in [3.63, 3.8) is 0 Å². The molecule has 0 aliphatic rings. The summed E-state index contributed by atoms with van der Waals surface area (Å²) < 4.78 is 18.1. The van der Waals surface area contributed by atoms with E-state index in [1.165, 1.54) is 12.1 Å². The minimum atomic E-state index is -0.491. The molecule has 1 aromatic carbocycles. The van der Waals surface area contributed by atoms with Gasteiger partial charge < -0.3 is 10.1 Å². The summed E-state index contributed by atoms with van der Waals surface area (Å²) in [7, 11) is 0. The van der Waals surface area contributed by atoms with Crippen molar-refractivity contribution in [1.82, 2.24) is 5.32 Å². The van der Waals surface area contributed by atoms with E-state index in [-0.39, 0.29) is 18.2 Å². The Morgan fingerprint density at radius 3 is 2.37 bits per heavy atom. The lowest BCUT2D eigenvalue weighted by molar-refractivity contribution is -0.145. The van der Waals surface area contributed by atoms with Crippen LogP contribution < -0.4 is 5.32 Å². The Kier molecular flexibility index (Phi) is 5.96. The van der Waals surface area contributed by atoms with Gasteiger partial charge in [-0.15, -0.1) is 0 Å². The summed E-state index contributed by atoms with van der Waals surface area (Å²) in [4.78, 5) is 11.8. The van der Waals surface area contributed by atoms with Crippen LogP contribution in [0.1, 0.15) is 39.2 Å². The molecule has 0 spiro atoms. The normalized spacial score (nSPS) is 13.9. The molecule has 0 fully saturated rings. The molecule has 1 atom stereocenters. The van der Waals surface area contributed by atoms with Gasteiger partial charge in [0, 0.05) is 0 Å². The Labute approximate surface area is 114 Å². The molecule has 3 nitrogen and oxygen atoms in total. The van der Waals surface area contributed by atoms with Gasteiger partial charge in [-0.2, -0.15) is 0 Å². The summed E-state index contributed by atoms with van der Waals surface area (Å²) in [5.41, 5.74) is 0.417. The first-order valence-electron chi connectivity index (χ1n) is 6.74. The molecule has 0 radical (unpaired) electrons. The summed E-state index contributed by atoms with van der Waals surface area (Å²) >= 11 is 0. The van der Waals surface area contributed by atoms with Crippen LogP contribution in [-0.2, 0) is 15.1 Å². The fourth-order valence-corrected chi connectivity index (χ4v) is 2.29. The lowest BCUT2D eigenvalue weighted by Crippen LogP contribution is -2.44. The van der Waals surface area contributed by atoms with Gasteiger partial charge in [0.1, 0.15) is 5.82 Å². The number of esters is 1. The zero-order valence-electron chi connectivity index (χ0n) is 11.8. The third kappa shape index (κ3) is 4.03. The molecule has 0 aliphatic heterocycles. The molecule has 0 aliphatic carbocycles. The molecule has 106 valence electrons. The van der Waals surface area contributed by atoms with Gasteiger partial charge in [-0.05, 0) is 37.6 Å². The van der Waals surface area contributed by atoms with E-state index in [1.54, 1.807) is 19.1 Å². The number of carbonyl (C=O) groups excluding carboxylic acids is 1. The molecular formula is C15H22FNO2. The van der Waals surface area contributed by atoms with Crippen molar-refractivity contribution >= 4 is 5.97 Å². The van der Waals surface area contributed by atoms with Gasteiger partial charge in [-0.1, -0.05) is 26.0 Å². The minimum absolute atomic E-state index is 0.241. The van der Waals surface area contributed by atoms with Crippen molar-refractivity contribution in [2.24, 2.45) is 0 Å². The lowest BCUT2D eigenvalue weighted by atomic mass is 9.84. The second-order valence-corrected chi connectivity index (χ2v) is 4.45. The van der Waals surface area contributed by atoms with Gasteiger partial charge >= 0.3 is 5.97 Å². The van der Waals surface area contributed by atoms with Crippen LogP contribution in [0, 0.1) is 5.82 Å². The summed E-state index contributed by atoms with van der Waals surface area (Å²) in [5.74, 6) is -0.518. The SMILES string of the molecule is CCNC(CC)(CC(=O)OCC)c1ccc(F)cc1. The van der Waals surface area contributed by atoms with Crippen molar-refractivity contribution in [1.29, 1.82) is 0 Å². The first kappa shape index (κ1) is 15.6. The van der Waals surface area contributed by atoms with Crippen LogP contribution in [0.15, 0.2) is 24.3 Å². The van der Waals surface area contributed by atoms with Crippen molar-refractivity contribution in [3.8, 4) is 0 Å². The van der Waals surface area contributed by atoms with Crippen molar-refractivity contribution < 1.29 is 13.9 Å². The van der Waals surface area contributed by atoms with Crippen molar-refractivity contribution in [2.75, 3.05) is 13.2 Å². The highest BCUT2D eigenvalue weighted by Crippen LogP contribution is 2.29. The average Bonchev–Trinajstić information content (AvgIpc) is 2.39. The molecule has 0 amide bonds. The number of halogens is 1. The summed E-state index contributed by atoms with van der Waals surface area (Å²) in [6.45, 7) is 6.87. The van der Waals surface area contributed by atoms with Crippen LogP contribution in [0.25, 0.3) is 0 Å². The topological polar surface area (TPSA) is 38.3 Å². The van der Waals surface area contributed by atoms with Crippen LogP contribution in [-0.4, -0.2) is 19.1 Å². The first-order chi connectivity index (χ1) is 9.07. The summed E-state index contributed by atoms with van der Waals surface area (Å²) in [6, 6.07) is 6.28. The van der Waals surface area contributed by atoms with E-state index in [1.807, 2.05) is 13.8 Å². The van der Waals surface area contributed by atoms with E-state index < -0.39 is 5.54 Å². The zero-order chi connectivity index (χ0) is 14.3. The van der Waals surface area contributed by atoms with Gasteiger partial charge in [-0.25, -0.2) is 4.39 Å². The van der Waals surface area contributed by atoms with Crippen molar-refractivity contribution in [3.05, 3.63) is 35.6 Å². The highest BCUT2D eigenvalue weighted by Gasteiger charge is 2.32. The number of ether oxygens (including phenoxy) is 1. The third-order valence-corrected chi connectivity index (χ3v) is 3.27. The van der Waals surface area contributed by atoms with E-state index in [4.69, 9.17) is 4.74 Å². The molecule has 1 rings (SSSR count). The number of benzene rings is 1. The number of carbonyl (C=O) groups is 1. The summed E-state index contributed by atoms with van der Waals surface area (Å²) in [5, 5.41) is 3.35. The molecule has 0 saturated carbocycles. The Morgan fingerprint density at radius 2 is 1.89 bits per heavy atom. The third-order valence-electron chi connectivity index (χ3n) is 3.27. The van der Waals surface area contributed by atoms with Crippen LogP contribution in [0.3, 0.4) is 0 Å². The Hall–Kier alpha value is -1.42. The number of nitrogens with one attached hydrogen (secondary N) is 1. The van der Waals surface area contributed by atoms with Crippen LogP contribution in [0.4, 0.5) is 4.39 Å². The van der Waals surface area contributed by atoms with Gasteiger partial charge in [-0.3, -0.25) is 4.79 Å². The van der Waals surface area contributed by atoms with E-state index in [0.717, 1.165) is 18.5 Å². The predicted molar refractivity (Wildman–Crippen MR) is 73.3 cm³/mol.